The zero-order valence-corrected chi connectivity index (χ0v) is 11.4. The molecule has 0 radical (unpaired) electrons. The van der Waals surface area contributed by atoms with Crippen molar-refractivity contribution in [3.8, 4) is 0 Å². The highest BCUT2D eigenvalue weighted by Crippen LogP contribution is 2.37. The SMILES string of the molecule is CCNc1ncnc(NC2(CO)CCC2)c1Br. The quantitative estimate of drug-likeness (QED) is 0.776. The Bertz CT molecular complexity index is 390. The van der Waals surface area contributed by atoms with E-state index >= 15 is 0 Å². The van der Waals surface area contributed by atoms with Gasteiger partial charge in [-0.1, -0.05) is 0 Å². The lowest BCUT2D eigenvalue weighted by molar-refractivity contribution is 0.143. The van der Waals surface area contributed by atoms with E-state index in [1.807, 2.05) is 6.92 Å². The normalized spacial score (nSPS) is 17.4. The maximum absolute atomic E-state index is 9.42. The molecule has 0 bridgehead atoms. The number of nitrogens with one attached hydrogen (secondary N) is 2. The van der Waals surface area contributed by atoms with Gasteiger partial charge in [0.25, 0.3) is 0 Å². The van der Waals surface area contributed by atoms with E-state index in [0.717, 1.165) is 41.9 Å². The van der Waals surface area contributed by atoms with Crippen molar-refractivity contribution < 1.29 is 5.11 Å². The van der Waals surface area contributed by atoms with Crippen LogP contribution in [0, 0.1) is 0 Å². The largest absolute Gasteiger partial charge is 0.394 e. The van der Waals surface area contributed by atoms with Gasteiger partial charge in [-0.15, -0.1) is 0 Å². The number of halogens is 1. The molecule has 1 saturated carbocycles. The van der Waals surface area contributed by atoms with E-state index in [1.54, 1.807) is 0 Å². The molecule has 1 aromatic heterocycles. The predicted octanol–water partition coefficient (Wildman–Crippen LogP) is 2.00. The standard InChI is InChI=1S/C11H17BrN4O/c1-2-13-9-8(12)10(15-7-14-9)16-11(6-17)4-3-5-11/h7,17H,2-6H2,1H3,(H2,13,14,15,16). The van der Waals surface area contributed by atoms with Crippen LogP contribution in [0.4, 0.5) is 11.6 Å². The number of anilines is 2. The average Bonchev–Trinajstić information content (AvgIpc) is 2.28. The molecule has 5 nitrogen and oxygen atoms in total. The third kappa shape index (κ3) is 2.52. The lowest BCUT2D eigenvalue weighted by Crippen LogP contribution is -2.48. The summed E-state index contributed by atoms with van der Waals surface area (Å²) in [6, 6.07) is 0. The highest BCUT2D eigenvalue weighted by atomic mass is 79.9. The molecule has 94 valence electrons. The van der Waals surface area contributed by atoms with Crippen LogP contribution in [0.2, 0.25) is 0 Å². The molecule has 0 aliphatic heterocycles. The fraction of sp³-hybridized carbons (Fsp3) is 0.636. The Kier molecular flexibility index (Phi) is 3.83. The van der Waals surface area contributed by atoms with Crippen molar-refractivity contribution in [1.82, 2.24) is 9.97 Å². The van der Waals surface area contributed by atoms with Crippen molar-refractivity contribution in [2.24, 2.45) is 0 Å². The minimum absolute atomic E-state index is 0.139. The molecular formula is C11H17BrN4O. The van der Waals surface area contributed by atoms with E-state index in [0.29, 0.717) is 0 Å². The Morgan fingerprint density at radius 3 is 2.65 bits per heavy atom. The maximum atomic E-state index is 9.42. The Balaban J connectivity index is 2.18. The maximum Gasteiger partial charge on any atom is 0.146 e. The van der Waals surface area contributed by atoms with Gasteiger partial charge in [0, 0.05) is 6.54 Å². The van der Waals surface area contributed by atoms with Crippen molar-refractivity contribution >= 4 is 27.6 Å². The lowest BCUT2D eigenvalue weighted by atomic mass is 9.77. The Morgan fingerprint density at radius 2 is 2.12 bits per heavy atom. The average molecular weight is 301 g/mol. The van der Waals surface area contributed by atoms with Crippen molar-refractivity contribution in [2.75, 3.05) is 23.8 Å². The monoisotopic (exact) mass is 300 g/mol. The van der Waals surface area contributed by atoms with Gasteiger partial charge in [-0.25, -0.2) is 9.97 Å². The Morgan fingerprint density at radius 1 is 1.41 bits per heavy atom. The third-order valence-corrected chi connectivity index (χ3v) is 3.88. The first-order valence-electron chi connectivity index (χ1n) is 5.84. The van der Waals surface area contributed by atoms with Gasteiger partial charge in [0.15, 0.2) is 0 Å². The minimum Gasteiger partial charge on any atom is -0.394 e. The summed E-state index contributed by atoms with van der Waals surface area (Å²) in [7, 11) is 0. The van der Waals surface area contributed by atoms with E-state index < -0.39 is 0 Å². The van der Waals surface area contributed by atoms with Gasteiger partial charge in [0.1, 0.15) is 22.4 Å². The number of hydrogen-bond donors (Lipinski definition) is 3. The van der Waals surface area contributed by atoms with Gasteiger partial charge in [-0.3, -0.25) is 0 Å². The fourth-order valence-corrected chi connectivity index (χ4v) is 2.37. The molecule has 0 amide bonds. The zero-order valence-electron chi connectivity index (χ0n) is 9.83. The van der Waals surface area contributed by atoms with Crippen molar-refractivity contribution in [2.45, 2.75) is 31.7 Å². The predicted molar refractivity (Wildman–Crippen MR) is 71.2 cm³/mol. The molecule has 1 aliphatic rings. The summed E-state index contributed by atoms with van der Waals surface area (Å²) in [5.41, 5.74) is -0.194. The molecule has 0 unspecified atom stereocenters. The van der Waals surface area contributed by atoms with E-state index in [-0.39, 0.29) is 12.1 Å². The van der Waals surface area contributed by atoms with Gasteiger partial charge in [-0.2, -0.15) is 0 Å². The molecular weight excluding hydrogens is 284 g/mol. The summed E-state index contributed by atoms with van der Waals surface area (Å²) < 4.78 is 0.821. The van der Waals surface area contributed by atoms with Gasteiger partial charge >= 0.3 is 0 Å². The Labute approximate surface area is 109 Å². The molecule has 0 saturated heterocycles. The minimum atomic E-state index is -0.194. The van der Waals surface area contributed by atoms with Crippen LogP contribution >= 0.6 is 15.9 Å². The molecule has 17 heavy (non-hydrogen) atoms. The molecule has 0 atom stereocenters. The van der Waals surface area contributed by atoms with E-state index in [2.05, 4.69) is 36.5 Å². The molecule has 0 spiro atoms. The molecule has 1 aliphatic carbocycles. The van der Waals surface area contributed by atoms with Crippen LogP contribution in [0.1, 0.15) is 26.2 Å². The molecule has 3 N–H and O–H groups in total. The number of aromatic nitrogens is 2. The smallest absolute Gasteiger partial charge is 0.146 e. The van der Waals surface area contributed by atoms with E-state index in [9.17, 15) is 5.11 Å². The topological polar surface area (TPSA) is 70.1 Å². The van der Waals surface area contributed by atoms with Crippen LogP contribution in [0.3, 0.4) is 0 Å². The van der Waals surface area contributed by atoms with Crippen LogP contribution in [-0.2, 0) is 0 Å². The van der Waals surface area contributed by atoms with Crippen molar-refractivity contribution in [1.29, 1.82) is 0 Å². The van der Waals surface area contributed by atoms with Crippen LogP contribution in [-0.4, -0.2) is 33.8 Å². The summed E-state index contributed by atoms with van der Waals surface area (Å²) in [5.74, 6) is 1.52. The van der Waals surface area contributed by atoms with Crippen LogP contribution < -0.4 is 10.6 Å². The molecule has 6 heteroatoms. The molecule has 1 aromatic rings. The second kappa shape index (κ2) is 5.18. The summed E-state index contributed by atoms with van der Waals surface area (Å²) in [6.07, 6.45) is 4.64. The molecule has 1 fully saturated rings. The summed E-state index contributed by atoms with van der Waals surface area (Å²) >= 11 is 3.49. The second-order valence-electron chi connectivity index (χ2n) is 4.33. The molecule has 1 heterocycles. The Hall–Kier alpha value is -0.880. The first kappa shape index (κ1) is 12.6. The number of aliphatic hydroxyl groups is 1. The summed E-state index contributed by atoms with van der Waals surface area (Å²) in [5, 5.41) is 15.9. The van der Waals surface area contributed by atoms with Gasteiger partial charge in [0.2, 0.25) is 0 Å². The second-order valence-corrected chi connectivity index (χ2v) is 5.13. The van der Waals surface area contributed by atoms with Crippen molar-refractivity contribution in [3.05, 3.63) is 10.8 Å². The van der Waals surface area contributed by atoms with Crippen LogP contribution in [0.15, 0.2) is 10.8 Å². The van der Waals surface area contributed by atoms with Crippen molar-refractivity contribution in [3.63, 3.8) is 0 Å². The number of hydrogen-bond acceptors (Lipinski definition) is 5. The van der Waals surface area contributed by atoms with Crippen LogP contribution in [0.5, 0.6) is 0 Å². The molecule has 2 rings (SSSR count). The van der Waals surface area contributed by atoms with Gasteiger partial charge in [0.05, 0.1) is 12.1 Å². The summed E-state index contributed by atoms with van der Waals surface area (Å²) in [4.78, 5) is 8.37. The van der Waals surface area contributed by atoms with E-state index in [4.69, 9.17) is 0 Å². The number of nitrogens with zero attached hydrogens (tertiary/aromatic N) is 2. The number of rotatable bonds is 5. The van der Waals surface area contributed by atoms with Gasteiger partial charge in [-0.05, 0) is 42.1 Å². The fourth-order valence-electron chi connectivity index (χ4n) is 1.93. The highest BCUT2D eigenvalue weighted by molar-refractivity contribution is 9.10. The third-order valence-electron chi connectivity index (χ3n) is 3.13. The molecule has 0 aromatic carbocycles. The van der Waals surface area contributed by atoms with Crippen LogP contribution in [0.25, 0.3) is 0 Å². The lowest BCUT2D eigenvalue weighted by Gasteiger charge is -2.41. The highest BCUT2D eigenvalue weighted by Gasteiger charge is 2.37. The van der Waals surface area contributed by atoms with E-state index in [1.165, 1.54) is 6.33 Å². The summed E-state index contributed by atoms with van der Waals surface area (Å²) in [6.45, 7) is 2.96. The van der Waals surface area contributed by atoms with Gasteiger partial charge < -0.3 is 15.7 Å². The number of aliphatic hydroxyl groups excluding tert-OH is 1. The first-order chi connectivity index (χ1) is 8.21. The first-order valence-corrected chi connectivity index (χ1v) is 6.63. The zero-order chi connectivity index (χ0) is 12.3.